The normalized spacial score (nSPS) is 29.6. The first-order chi connectivity index (χ1) is 6.11. The minimum Gasteiger partial charge on any atom is -0.353 e. The molecule has 0 aromatic heterocycles. The molecular formula is C10H18N2O. The molecule has 1 amide bonds. The van der Waals surface area contributed by atoms with Gasteiger partial charge in [0.2, 0.25) is 5.91 Å². The molecule has 1 aliphatic carbocycles. The lowest BCUT2D eigenvalue weighted by Gasteiger charge is -2.13. The summed E-state index contributed by atoms with van der Waals surface area (Å²) in [7, 11) is 0. The van der Waals surface area contributed by atoms with Crippen molar-refractivity contribution in [3.63, 3.8) is 0 Å². The summed E-state index contributed by atoms with van der Waals surface area (Å²) < 4.78 is 0. The first-order valence-electron chi connectivity index (χ1n) is 5.15. The van der Waals surface area contributed by atoms with Crippen molar-refractivity contribution in [2.45, 2.75) is 45.2 Å². The Morgan fingerprint density at radius 3 is 2.69 bits per heavy atom. The van der Waals surface area contributed by atoms with Crippen molar-refractivity contribution in [3.05, 3.63) is 0 Å². The number of carbonyl (C=O) groups excluding carboxylic acids is 1. The molecule has 0 radical (unpaired) electrons. The maximum atomic E-state index is 11.6. The predicted molar refractivity (Wildman–Crippen MR) is 51.4 cm³/mol. The van der Waals surface area contributed by atoms with E-state index in [1.54, 1.807) is 0 Å². The van der Waals surface area contributed by atoms with Gasteiger partial charge in [-0.25, -0.2) is 0 Å². The molecule has 1 atom stereocenters. The van der Waals surface area contributed by atoms with Gasteiger partial charge in [-0.15, -0.1) is 0 Å². The molecule has 0 unspecified atom stereocenters. The van der Waals surface area contributed by atoms with E-state index in [1.807, 2.05) is 13.8 Å². The summed E-state index contributed by atoms with van der Waals surface area (Å²) in [6, 6.07) is 0.329. The van der Waals surface area contributed by atoms with Gasteiger partial charge in [0.1, 0.15) is 0 Å². The second-order valence-corrected chi connectivity index (χ2v) is 4.80. The molecule has 1 heterocycles. The highest BCUT2D eigenvalue weighted by atomic mass is 16.2. The Hall–Kier alpha value is -0.570. The molecule has 2 fully saturated rings. The Kier molecular flexibility index (Phi) is 2.06. The summed E-state index contributed by atoms with van der Waals surface area (Å²) in [6.07, 6.45) is 3.67. The number of rotatable bonds is 2. The lowest BCUT2D eigenvalue weighted by molar-refractivity contribution is -0.123. The molecule has 1 aliphatic heterocycles. The van der Waals surface area contributed by atoms with Crippen LogP contribution in [-0.4, -0.2) is 24.5 Å². The highest BCUT2D eigenvalue weighted by molar-refractivity contribution is 5.82. The van der Waals surface area contributed by atoms with Crippen LogP contribution in [0.1, 0.15) is 33.1 Å². The fourth-order valence-electron chi connectivity index (χ4n) is 2.05. The van der Waals surface area contributed by atoms with Crippen molar-refractivity contribution in [3.8, 4) is 0 Å². The molecular weight excluding hydrogens is 164 g/mol. The fraction of sp³-hybridized carbons (Fsp3) is 0.900. The number of carbonyl (C=O) groups is 1. The van der Waals surface area contributed by atoms with Crippen LogP contribution in [0, 0.1) is 5.41 Å². The fourth-order valence-corrected chi connectivity index (χ4v) is 2.05. The topological polar surface area (TPSA) is 41.1 Å². The van der Waals surface area contributed by atoms with Crippen LogP contribution in [0.2, 0.25) is 0 Å². The molecule has 1 spiro atoms. The van der Waals surface area contributed by atoms with Crippen LogP contribution in [0.25, 0.3) is 0 Å². The summed E-state index contributed by atoms with van der Waals surface area (Å²) in [5.41, 5.74) is 0.513. The number of hydrogen-bond acceptors (Lipinski definition) is 2. The zero-order chi connectivity index (χ0) is 9.47. The second-order valence-electron chi connectivity index (χ2n) is 4.80. The average molecular weight is 182 g/mol. The Labute approximate surface area is 79.3 Å². The van der Waals surface area contributed by atoms with Gasteiger partial charge < -0.3 is 10.6 Å². The summed E-state index contributed by atoms with van der Waals surface area (Å²) in [5.74, 6) is 0.179. The maximum absolute atomic E-state index is 11.6. The minimum absolute atomic E-state index is 0.0740. The molecule has 13 heavy (non-hydrogen) atoms. The maximum Gasteiger partial charge on any atom is 0.237 e. The van der Waals surface area contributed by atoms with Crippen LogP contribution >= 0.6 is 0 Å². The van der Waals surface area contributed by atoms with Crippen LogP contribution < -0.4 is 10.6 Å². The largest absolute Gasteiger partial charge is 0.353 e. The molecule has 74 valence electrons. The highest BCUT2D eigenvalue weighted by Gasteiger charge is 2.49. The SMILES string of the molecule is CC(C)NC(=O)[C@@H]1CC2(CC2)CN1. The van der Waals surface area contributed by atoms with Crippen molar-refractivity contribution < 1.29 is 4.79 Å². The van der Waals surface area contributed by atoms with Crippen LogP contribution in [0.4, 0.5) is 0 Å². The molecule has 3 nitrogen and oxygen atoms in total. The van der Waals surface area contributed by atoms with Crippen molar-refractivity contribution in [1.82, 2.24) is 10.6 Å². The van der Waals surface area contributed by atoms with Crippen LogP contribution in [0.5, 0.6) is 0 Å². The Morgan fingerprint density at radius 2 is 2.23 bits per heavy atom. The van der Waals surface area contributed by atoms with Gasteiger partial charge in [-0.05, 0) is 38.5 Å². The van der Waals surface area contributed by atoms with Gasteiger partial charge in [0.05, 0.1) is 6.04 Å². The van der Waals surface area contributed by atoms with E-state index in [9.17, 15) is 4.79 Å². The van der Waals surface area contributed by atoms with Gasteiger partial charge in [0, 0.05) is 12.6 Å². The van der Waals surface area contributed by atoms with Crippen LogP contribution in [0.3, 0.4) is 0 Å². The second kappa shape index (κ2) is 2.98. The molecule has 2 aliphatic rings. The van der Waals surface area contributed by atoms with E-state index in [0.717, 1.165) is 13.0 Å². The first kappa shape index (κ1) is 9.00. The molecule has 2 rings (SSSR count). The number of amides is 1. The van der Waals surface area contributed by atoms with Crippen LogP contribution in [-0.2, 0) is 4.79 Å². The van der Waals surface area contributed by atoms with E-state index in [0.29, 0.717) is 5.41 Å². The molecule has 0 bridgehead atoms. The molecule has 1 saturated heterocycles. The minimum atomic E-state index is 0.0740. The third kappa shape index (κ3) is 1.85. The predicted octanol–water partition coefficient (Wildman–Crippen LogP) is 0.653. The highest BCUT2D eigenvalue weighted by Crippen LogP contribution is 2.51. The summed E-state index contributed by atoms with van der Waals surface area (Å²) in [4.78, 5) is 11.6. The average Bonchev–Trinajstić information content (AvgIpc) is 2.59. The van der Waals surface area contributed by atoms with E-state index < -0.39 is 0 Å². The quantitative estimate of drug-likeness (QED) is 0.658. The third-order valence-corrected chi connectivity index (χ3v) is 3.07. The molecule has 0 aromatic carbocycles. The van der Waals surface area contributed by atoms with Crippen molar-refractivity contribution >= 4 is 5.91 Å². The Morgan fingerprint density at radius 1 is 1.54 bits per heavy atom. The summed E-state index contributed by atoms with van der Waals surface area (Å²) >= 11 is 0. The zero-order valence-corrected chi connectivity index (χ0v) is 8.39. The Bertz CT molecular complexity index is 221. The van der Waals surface area contributed by atoms with E-state index in [4.69, 9.17) is 0 Å². The van der Waals surface area contributed by atoms with Gasteiger partial charge in [-0.1, -0.05) is 0 Å². The first-order valence-corrected chi connectivity index (χ1v) is 5.15. The van der Waals surface area contributed by atoms with E-state index >= 15 is 0 Å². The molecule has 1 saturated carbocycles. The van der Waals surface area contributed by atoms with Crippen molar-refractivity contribution in [1.29, 1.82) is 0 Å². The molecule has 0 aromatic rings. The number of nitrogens with one attached hydrogen (secondary N) is 2. The van der Waals surface area contributed by atoms with Crippen molar-refractivity contribution in [2.24, 2.45) is 5.41 Å². The lowest BCUT2D eigenvalue weighted by atomic mass is 10.0. The molecule has 2 N–H and O–H groups in total. The van der Waals surface area contributed by atoms with E-state index in [2.05, 4.69) is 10.6 Å². The lowest BCUT2D eigenvalue weighted by Crippen LogP contribution is -2.43. The van der Waals surface area contributed by atoms with E-state index in [1.165, 1.54) is 12.8 Å². The summed E-state index contributed by atoms with van der Waals surface area (Å²) in [5, 5.41) is 6.25. The van der Waals surface area contributed by atoms with Crippen molar-refractivity contribution in [2.75, 3.05) is 6.54 Å². The Balaban J connectivity index is 1.84. The van der Waals surface area contributed by atoms with Gasteiger partial charge >= 0.3 is 0 Å². The van der Waals surface area contributed by atoms with Gasteiger partial charge in [0.15, 0.2) is 0 Å². The zero-order valence-electron chi connectivity index (χ0n) is 8.39. The third-order valence-electron chi connectivity index (χ3n) is 3.07. The van der Waals surface area contributed by atoms with Gasteiger partial charge in [0.25, 0.3) is 0 Å². The summed E-state index contributed by atoms with van der Waals surface area (Å²) in [6.45, 7) is 5.04. The van der Waals surface area contributed by atoms with Gasteiger partial charge in [-0.2, -0.15) is 0 Å². The smallest absolute Gasteiger partial charge is 0.237 e. The monoisotopic (exact) mass is 182 g/mol. The standard InChI is InChI=1S/C10H18N2O/c1-7(2)12-9(13)8-5-10(3-4-10)6-11-8/h7-8,11H,3-6H2,1-2H3,(H,12,13)/t8-/m0/s1. The van der Waals surface area contributed by atoms with E-state index in [-0.39, 0.29) is 18.0 Å². The van der Waals surface area contributed by atoms with Gasteiger partial charge in [-0.3, -0.25) is 4.79 Å². The molecule has 3 heteroatoms. The van der Waals surface area contributed by atoms with Crippen LogP contribution in [0.15, 0.2) is 0 Å². The number of hydrogen-bond donors (Lipinski definition) is 2.